The predicted octanol–water partition coefficient (Wildman–Crippen LogP) is 16.0. The molecule has 0 N–H and O–H groups in total. The summed E-state index contributed by atoms with van der Waals surface area (Å²) in [5, 5.41) is 72.5. The van der Waals surface area contributed by atoms with Crippen LogP contribution in [0.4, 0.5) is 0 Å². The van der Waals surface area contributed by atoms with Gasteiger partial charge in [-0.1, -0.05) is 91.0 Å². The van der Waals surface area contributed by atoms with Crippen LogP contribution in [0.15, 0.2) is 91.0 Å². The zero-order chi connectivity index (χ0) is 47.5. The zero-order valence-corrected chi connectivity index (χ0v) is 45.0. The largest absolute Gasteiger partial charge is 1.00 e. The molecule has 26 aromatic rings. The van der Waals surface area contributed by atoms with Crippen LogP contribution in [0.3, 0.4) is 0 Å². The molecular formula is C79H17K+. The minimum atomic E-state index is -0.499. The first-order valence-electron chi connectivity index (χ1n) is 29.4. The van der Waals surface area contributed by atoms with Gasteiger partial charge in [0.2, 0.25) is 0 Å². The van der Waals surface area contributed by atoms with Gasteiger partial charge >= 0.3 is 51.4 Å². The van der Waals surface area contributed by atoms with Gasteiger partial charge in [-0.25, -0.2) is 0 Å². The smallest absolute Gasteiger partial charge is 0.0622 e. The Bertz CT molecular complexity index is 7230. The van der Waals surface area contributed by atoms with E-state index in [1.54, 1.807) is 311 Å². The van der Waals surface area contributed by atoms with Gasteiger partial charge in [0.15, 0.2) is 0 Å². The van der Waals surface area contributed by atoms with E-state index in [1.807, 2.05) is 0 Å². The molecule has 0 spiro atoms. The second-order valence-electron chi connectivity index (χ2n) is 28.2. The van der Waals surface area contributed by atoms with Crippen LogP contribution in [0, 0.1) is 29.6 Å². The number of benzene rings is 18. The molecule has 0 nitrogen and oxygen atoms in total. The number of hydrogen-bond acceptors (Lipinski definition) is 0. The molecule has 1 saturated carbocycles. The average Bonchev–Trinajstić information content (AvgIpc) is 1.41. The van der Waals surface area contributed by atoms with E-state index in [4.69, 9.17) is 0 Å². The van der Waals surface area contributed by atoms with Crippen molar-refractivity contribution in [3.8, 4) is 0 Å². The molecular weight excluding hydrogens is 988 g/mol. The predicted molar refractivity (Wildman–Crippen MR) is 324 cm³/mol. The van der Waals surface area contributed by atoms with Crippen molar-refractivity contribution in [3.05, 3.63) is 182 Å². The maximum absolute atomic E-state index is 2.62. The van der Waals surface area contributed by atoms with Crippen LogP contribution in [-0.4, -0.2) is 0 Å². The fraction of sp³-hybridized carbons (Fsp3) is 0.0506. The Morgan fingerprint density at radius 1 is 0.212 bits per heavy atom. The molecule has 9 aliphatic rings. The quantitative estimate of drug-likeness (QED) is 0.122. The van der Waals surface area contributed by atoms with Crippen LogP contribution in [0.25, 0.3) is 237 Å². The first-order chi connectivity index (χ1) is 39.4. The van der Waals surface area contributed by atoms with Gasteiger partial charge in [0, 0.05) is 35.0 Å². The Balaban J connectivity index is 0.00000369. The molecule has 1 heteroatoms. The molecule has 26 aromatic carbocycles. The van der Waals surface area contributed by atoms with Gasteiger partial charge in [-0.3, -0.25) is 0 Å². The maximum Gasteiger partial charge on any atom is 1.00 e. The Morgan fingerprint density at radius 3 is 0.787 bits per heavy atom. The van der Waals surface area contributed by atoms with Crippen LogP contribution < -0.4 is 51.4 Å². The van der Waals surface area contributed by atoms with E-state index in [9.17, 15) is 0 Å². The normalized spacial score (nSPS) is 24.6. The van der Waals surface area contributed by atoms with E-state index in [0.29, 0.717) is 0 Å². The van der Waals surface area contributed by atoms with E-state index in [-0.39, 0.29) is 51.4 Å². The molecule has 1 unspecified atom stereocenters. The van der Waals surface area contributed by atoms with E-state index in [1.165, 1.54) is 16.7 Å². The molecule has 333 valence electrons. The first kappa shape index (κ1) is 34.0. The zero-order valence-electron chi connectivity index (χ0n) is 41.9. The van der Waals surface area contributed by atoms with Gasteiger partial charge in [0.1, 0.15) is 0 Å². The van der Waals surface area contributed by atoms with Crippen molar-refractivity contribution in [1.82, 2.24) is 0 Å². The van der Waals surface area contributed by atoms with E-state index >= 15 is 0 Å². The van der Waals surface area contributed by atoms with Crippen molar-refractivity contribution in [1.29, 1.82) is 0 Å². The third-order valence-corrected chi connectivity index (χ3v) is 27.5. The molecule has 80 heavy (non-hydrogen) atoms. The number of hydrogen-bond donors (Lipinski definition) is 0. The van der Waals surface area contributed by atoms with E-state index < -0.39 is 16.2 Å². The molecule has 0 aromatic heterocycles. The van der Waals surface area contributed by atoms with Crippen LogP contribution in [0.5, 0.6) is 0 Å². The Kier molecular flexibility index (Phi) is 3.54. The van der Waals surface area contributed by atoms with Crippen molar-refractivity contribution < 1.29 is 51.4 Å². The molecule has 0 aliphatic heterocycles. The molecule has 0 bridgehead atoms. The van der Waals surface area contributed by atoms with Crippen LogP contribution >= 0.6 is 0 Å². The molecule has 35 rings (SSSR count). The summed E-state index contributed by atoms with van der Waals surface area (Å²) in [6, 6.07) is 36.8. The Hall–Kier alpha value is -7.46. The summed E-state index contributed by atoms with van der Waals surface area (Å²) in [6.45, 7) is 0. The van der Waals surface area contributed by atoms with Gasteiger partial charge in [-0.15, -0.1) is 0 Å². The topological polar surface area (TPSA) is 0 Å². The summed E-state index contributed by atoms with van der Waals surface area (Å²) in [6.07, 6.45) is 0.966. The van der Waals surface area contributed by atoms with Gasteiger partial charge in [-0.05, 0) is 305 Å². The summed E-state index contributed by atoms with van der Waals surface area (Å²) < 4.78 is 0. The van der Waals surface area contributed by atoms with E-state index in [2.05, 4.69) is 91.0 Å². The molecule has 0 saturated heterocycles. The number of rotatable bonds is 4. The van der Waals surface area contributed by atoms with Crippen LogP contribution in [0.2, 0.25) is 0 Å². The summed E-state index contributed by atoms with van der Waals surface area (Å²) in [5.74, 6) is 8.44. The van der Waals surface area contributed by atoms with Gasteiger partial charge in [0.25, 0.3) is 0 Å². The Labute approximate surface area is 487 Å². The van der Waals surface area contributed by atoms with Crippen LogP contribution in [0.1, 0.15) is 61.2 Å². The second kappa shape index (κ2) is 8.34. The molecule has 9 aliphatic carbocycles. The summed E-state index contributed by atoms with van der Waals surface area (Å²) in [5.41, 5.74) is 16.5. The van der Waals surface area contributed by atoms with Gasteiger partial charge in [-0.2, -0.15) is 0 Å². The monoisotopic (exact) mass is 1000 g/mol. The first-order valence-corrected chi connectivity index (χ1v) is 29.4. The maximum atomic E-state index is 2.62. The van der Waals surface area contributed by atoms with Crippen LogP contribution in [-0.2, 0) is 22.7 Å². The fourth-order valence-corrected chi connectivity index (χ4v) is 27.2. The Morgan fingerprint density at radius 2 is 0.463 bits per heavy atom. The minimum Gasteiger partial charge on any atom is -0.0622 e. The minimum absolute atomic E-state index is 0. The van der Waals surface area contributed by atoms with Crippen molar-refractivity contribution in [2.45, 2.75) is 22.7 Å². The average molecular weight is 1010 g/mol. The molecule has 5 radical (unpaired) electrons. The van der Waals surface area contributed by atoms with Crippen molar-refractivity contribution in [3.63, 3.8) is 0 Å². The molecule has 0 heterocycles. The van der Waals surface area contributed by atoms with Crippen molar-refractivity contribution in [2.75, 3.05) is 0 Å². The van der Waals surface area contributed by atoms with E-state index in [0.717, 1.165) is 6.42 Å². The van der Waals surface area contributed by atoms with Crippen molar-refractivity contribution >= 4 is 237 Å². The third-order valence-electron chi connectivity index (χ3n) is 27.5. The SMILES string of the molecule is [K+].c1ccc(CC23[C]4[C]5[C]6[C]7[C]4[C@@]4(c8ccccc8)c8c2c2c9c3c3c%10c%11c(c%12c6c6c%13c7c7c4c4c8c8c2c2c%14c9c%10c9c%10c%11c%11c%12c6c6c%12c%13c7c7c4c4c8c2c2c(c%149)c8c%10c%11c6c6c%12c7c4c2c68)[C@]53c2ccccc2)cc1. The molecule has 3 atom stereocenters. The van der Waals surface area contributed by atoms with Crippen molar-refractivity contribution in [2.24, 2.45) is 0 Å². The van der Waals surface area contributed by atoms with Gasteiger partial charge < -0.3 is 0 Å². The summed E-state index contributed by atoms with van der Waals surface area (Å²) >= 11 is 0. The van der Waals surface area contributed by atoms with Gasteiger partial charge in [0.05, 0.1) is 10.8 Å². The summed E-state index contributed by atoms with van der Waals surface area (Å²) in [4.78, 5) is 0. The third kappa shape index (κ3) is 2.01. The summed E-state index contributed by atoms with van der Waals surface area (Å²) in [7, 11) is 0. The standard InChI is InChI=1S/C79H17.K/c1-4-10-17(11-5-1)16-77-70-62-52-38-34-24-22-20-21-26-28-29-27(21)33-31-23(20)25(24)35-39(38)53-55-41(35)37(31)51-47(33)49-43(29)45-44-42(28)48-46-32(26)30(22)36-40(34)54(52)64-60(50(36)46)68-58(48)56(44)66-67-57(45)59(49)69-61(51)65(55)73(71(77)63(53)62)79(69,19-14-8-3-9-15-19)75(67)76(77)74(66)78(68,72(64)70)18-12-6-2-7-13-18;/h1-15H,16H2;/q;+1/t77?,78-,79+;. The second-order valence-corrected chi connectivity index (χ2v) is 28.2. The molecule has 0 amide bonds. The molecule has 1 fully saturated rings. The fourth-order valence-electron chi connectivity index (χ4n) is 27.2.